The molecule has 0 aliphatic carbocycles. The van der Waals surface area contributed by atoms with Crippen molar-refractivity contribution in [2.24, 2.45) is 11.8 Å². The van der Waals surface area contributed by atoms with Gasteiger partial charge in [0.05, 0.1) is 51.7 Å². The van der Waals surface area contributed by atoms with E-state index in [2.05, 4.69) is 38.3 Å². The summed E-state index contributed by atoms with van der Waals surface area (Å²) in [6, 6.07) is 6.86. The number of nitrogens with zero attached hydrogens (tertiary/aromatic N) is 4. The van der Waals surface area contributed by atoms with E-state index in [1.165, 1.54) is 23.5 Å². The maximum Gasteiger partial charge on any atom is 0.426 e. The highest BCUT2D eigenvalue weighted by Gasteiger charge is 2.38. The summed E-state index contributed by atoms with van der Waals surface area (Å²) >= 11 is 1.27. The molecular weight excluding hydrogens is 1110 g/mol. The van der Waals surface area contributed by atoms with Crippen molar-refractivity contribution in [1.82, 2.24) is 46.3 Å². The van der Waals surface area contributed by atoms with Gasteiger partial charge in [0.1, 0.15) is 35.2 Å². The van der Waals surface area contributed by atoms with Gasteiger partial charge in [0.25, 0.3) is 5.91 Å². The number of phenols is 1. The fraction of sp³-hybridized carbons (Fsp3) is 0.644. The number of thiazole rings is 1. The molecule has 0 spiro atoms. The van der Waals surface area contributed by atoms with Gasteiger partial charge in [-0.25, -0.2) is 20.0 Å². The Bertz CT molecular complexity index is 2460. The molecule has 1 fully saturated rings. The molecule has 3 aromatic rings. The third-order valence-electron chi connectivity index (χ3n) is 14.3. The van der Waals surface area contributed by atoms with Crippen molar-refractivity contribution in [2.75, 3.05) is 86.1 Å². The predicted molar refractivity (Wildman–Crippen MR) is 316 cm³/mol. The topological polar surface area (TPSA) is 303 Å². The number of aromatic nitrogens is 2. The SMILES string of the molecule is C=C(C)C(CC(OCCC)c1nc(C(=O)NC(Cc2ccc(O)cc2)CC(C)C(=O)NNC(=O)OCCOCCOCCOCCNCCCCC(=O)On2c(O)ccc2O)cs1)N(CCC)C(=O)C(NC(=O)C1CCCCN1C)C(C)CC. The lowest BCUT2D eigenvalue weighted by Gasteiger charge is -2.39. The smallest absolute Gasteiger partial charge is 0.426 e. The van der Waals surface area contributed by atoms with E-state index in [-0.39, 0.29) is 79.6 Å². The molecule has 0 radical (unpaired) electrons. The average molecular weight is 1200 g/mol. The first-order valence-electron chi connectivity index (χ1n) is 29.5. The number of phenolic OH excluding ortho intramolecular Hbond substituents is 1. The molecule has 7 unspecified atom stereocenters. The summed E-state index contributed by atoms with van der Waals surface area (Å²) in [6.45, 7) is 20.6. The summed E-state index contributed by atoms with van der Waals surface area (Å²) in [4.78, 5) is 93.8. The fourth-order valence-corrected chi connectivity index (χ4v) is 10.2. The number of carbonyl (C=O) groups is 6. The van der Waals surface area contributed by atoms with Gasteiger partial charge < -0.3 is 64.7 Å². The Balaban J connectivity index is 1.21. The van der Waals surface area contributed by atoms with E-state index in [0.717, 1.165) is 36.9 Å². The van der Waals surface area contributed by atoms with E-state index in [1.54, 1.807) is 36.6 Å². The third kappa shape index (κ3) is 24.7. The van der Waals surface area contributed by atoms with Crippen LogP contribution < -0.4 is 31.6 Å². The number of piperidine rings is 1. The molecule has 24 nitrogen and oxygen atoms in total. The lowest BCUT2D eigenvalue weighted by molar-refractivity contribution is -0.145. The second kappa shape index (κ2) is 38.6. The summed E-state index contributed by atoms with van der Waals surface area (Å²) < 4.78 is 28.8. The first-order chi connectivity index (χ1) is 40.4. The van der Waals surface area contributed by atoms with Gasteiger partial charge in [-0.15, -0.1) is 16.1 Å². The normalized spacial score (nSPS) is 15.6. The zero-order valence-corrected chi connectivity index (χ0v) is 51.0. The van der Waals surface area contributed by atoms with Gasteiger partial charge in [-0.2, -0.15) is 0 Å². The molecule has 1 aromatic carbocycles. The Hall–Kier alpha value is -6.35. The highest BCUT2D eigenvalue weighted by Crippen LogP contribution is 2.32. The van der Waals surface area contributed by atoms with E-state index in [4.69, 9.17) is 33.5 Å². The molecule has 2 aromatic heterocycles. The van der Waals surface area contributed by atoms with Gasteiger partial charge in [-0.3, -0.25) is 29.5 Å². The molecule has 84 heavy (non-hydrogen) atoms. The van der Waals surface area contributed by atoms with Gasteiger partial charge in [-0.05, 0) is 102 Å². The third-order valence-corrected chi connectivity index (χ3v) is 15.2. The molecule has 1 saturated heterocycles. The summed E-state index contributed by atoms with van der Waals surface area (Å²) in [7, 11) is 1.95. The first-order valence-corrected chi connectivity index (χ1v) is 30.3. The van der Waals surface area contributed by atoms with Gasteiger partial charge in [0, 0.05) is 62.0 Å². The van der Waals surface area contributed by atoms with Crippen LogP contribution in [0.2, 0.25) is 0 Å². The van der Waals surface area contributed by atoms with Crippen molar-refractivity contribution in [3.63, 3.8) is 0 Å². The van der Waals surface area contributed by atoms with E-state index in [0.29, 0.717) is 107 Å². The van der Waals surface area contributed by atoms with E-state index in [1.807, 2.05) is 46.6 Å². The summed E-state index contributed by atoms with van der Waals surface area (Å²) in [5, 5.41) is 40.7. The molecule has 5 amide bonds. The van der Waals surface area contributed by atoms with Crippen molar-refractivity contribution in [3.05, 3.63) is 70.2 Å². The van der Waals surface area contributed by atoms with Crippen LogP contribution in [0.5, 0.6) is 17.5 Å². The monoisotopic (exact) mass is 1200 g/mol. The summed E-state index contributed by atoms with van der Waals surface area (Å²) in [6.07, 6.45) is 5.48. The number of unbranched alkanes of at least 4 members (excludes halogenated alkanes) is 1. The minimum absolute atomic E-state index is 0.0769. The van der Waals surface area contributed by atoms with Crippen LogP contribution in [-0.2, 0) is 49.3 Å². The predicted octanol–water partition coefficient (Wildman–Crippen LogP) is 5.71. The Morgan fingerprint density at radius 2 is 1.50 bits per heavy atom. The van der Waals surface area contributed by atoms with Crippen LogP contribution >= 0.6 is 11.3 Å². The number of hydrazine groups is 1. The van der Waals surface area contributed by atoms with Crippen molar-refractivity contribution in [2.45, 2.75) is 149 Å². The molecule has 3 heterocycles. The van der Waals surface area contributed by atoms with Crippen LogP contribution in [0.3, 0.4) is 0 Å². The zero-order chi connectivity index (χ0) is 61.4. The maximum absolute atomic E-state index is 14.8. The largest absolute Gasteiger partial charge is 0.508 e. The molecule has 8 N–H and O–H groups in total. The molecule has 470 valence electrons. The second-order valence-corrected chi connectivity index (χ2v) is 22.1. The molecular formula is C59H93N9O15S. The van der Waals surface area contributed by atoms with Crippen LogP contribution in [0.1, 0.15) is 139 Å². The molecule has 0 bridgehead atoms. The second-order valence-electron chi connectivity index (χ2n) is 21.2. The highest BCUT2D eigenvalue weighted by molar-refractivity contribution is 7.09. The lowest BCUT2D eigenvalue weighted by Crippen LogP contribution is -2.58. The number of rotatable bonds is 40. The van der Waals surface area contributed by atoms with Crippen LogP contribution in [-0.4, -0.2) is 181 Å². The first kappa shape index (κ1) is 70.1. The number of carbonyl (C=O) groups excluding carboxylic acids is 6. The van der Waals surface area contributed by atoms with Gasteiger partial charge in [0.2, 0.25) is 29.5 Å². The van der Waals surface area contributed by atoms with Crippen molar-refractivity contribution in [3.8, 4) is 17.5 Å². The van der Waals surface area contributed by atoms with Crippen molar-refractivity contribution < 1.29 is 72.6 Å². The minimum atomic E-state index is -0.894. The standard InChI is InChI=1S/C59H93N9O15S/c1-9-26-67(58(76)53(41(6)11-3)63-56(75)47-16-13-15-27-66(47)8)48(40(4)5)38-49(81-28-10-2)57-62-46(39-84-57)55(74)61-44(37-43-18-20-45(69)21-19-43)36-42(7)54(73)64-65-59(77)82-35-34-80-33-32-79-31-30-78-29-25-60-24-14-12-17-52(72)83-68-50(70)22-23-51(68)71/h18-23,39,41-42,44,47-49,53,60,69-71H,4,9-17,24-38H2,1-3,5-8H3,(H,61,74)(H,63,75)(H,64,73)(H,65,77). The number of likely N-dealkylation sites (N-methyl/N-ethyl adjacent to an activating group) is 1. The molecule has 1 aliphatic heterocycles. The molecule has 4 rings (SSSR count). The summed E-state index contributed by atoms with van der Waals surface area (Å²) in [5.74, 6) is -3.38. The minimum Gasteiger partial charge on any atom is -0.508 e. The average Bonchev–Trinajstić information content (AvgIpc) is 4.26. The zero-order valence-electron chi connectivity index (χ0n) is 50.2. The van der Waals surface area contributed by atoms with E-state index in [9.17, 15) is 44.1 Å². The van der Waals surface area contributed by atoms with Gasteiger partial charge >= 0.3 is 12.1 Å². The van der Waals surface area contributed by atoms with Crippen molar-refractivity contribution >= 4 is 47.0 Å². The number of amides is 5. The number of aromatic hydroxyl groups is 3. The Labute approximate surface area is 498 Å². The number of benzene rings is 1. The number of likely N-dealkylation sites (tertiary alicyclic amines) is 1. The Morgan fingerprint density at radius 3 is 2.14 bits per heavy atom. The maximum atomic E-state index is 14.8. The number of nitrogens with one attached hydrogen (secondary N) is 5. The van der Waals surface area contributed by atoms with Crippen LogP contribution in [0.4, 0.5) is 4.79 Å². The number of hydrogen-bond donors (Lipinski definition) is 8. The summed E-state index contributed by atoms with van der Waals surface area (Å²) in [5.41, 5.74) is 6.33. The van der Waals surface area contributed by atoms with E-state index < -0.39 is 54.0 Å². The molecule has 1 aliphatic rings. The van der Waals surface area contributed by atoms with Crippen molar-refractivity contribution in [1.29, 1.82) is 0 Å². The van der Waals surface area contributed by atoms with E-state index >= 15 is 0 Å². The lowest BCUT2D eigenvalue weighted by atomic mass is 9.93. The molecule has 0 saturated carbocycles. The quantitative estimate of drug-likeness (QED) is 0.0192. The molecule has 25 heteroatoms. The Morgan fingerprint density at radius 1 is 0.821 bits per heavy atom. The highest BCUT2D eigenvalue weighted by atomic mass is 32.1. The van der Waals surface area contributed by atoms with Crippen LogP contribution in [0.25, 0.3) is 0 Å². The number of ether oxygens (including phenoxy) is 5. The van der Waals surface area contributed by atoms with Crippen LogP contribution in [0.15, 0.2) is 53.9 Å². The fourth-order valence-electron chi connectivity index (χ4n) is 9.36. The molecule has 7 atom stereocenters. The van der Waals surface area contributed by atoms with Crippen LogP contribution in [0, 0.1) is 11.8 Å². The van der Waals surface area contributed by atoms with Gasteiger partial charge in [0.15, 0.2) is 0 Å². The number of hydrogen-bond acceptors (Lipinski definition) is 19. The van der Waals surface area contributed by atoms with Gasteiger partial charge in [-0.1, -0.05) is 71.7 Å². The Kier molecular flexibility index (Phi) is 32.2.